The Morgan fingerprint density at radius 2 is 1.92 bits per heavy atom. The largest absolute Gasteiger partial charge is 0.409 e. The van der Waals surface area contributed by atoms with Gasteiger partial charge in [-0.05, 0) is 29.3 Å². The summed E-state index contributed by atoms with van der Waals surface area (Å²) in [5.74, 6) is -0.221. The minimum atomic E-state index is -4.42. The van der Waals surface area contributed by atoms with Crippen molar-refractivity contribution in [2.75, 3.05) is 6.54 Å². The number of aromatic nitrogens is 4. The van der Waals surface area contributed by atoms with Crippen molar-refractivity contribution in [3.05, 3.63) is 41.5 Å². The monoisotopic (exact) mass is 345 g/mol. The smallest absolute Gasteiger partial charge is 0.392 e. The molecule has 0 bridgehead atoms. The summed E-state index contributed by atoms with van der Waals surface area (Å²) in [5.41, 5.74) is 0.815. The van der Waals surface area contributed by atoms with Crippen molar-refractivity contribution >= 4 is 0 Å². The molecule has 0 saturated carbocycles. The summed E-state index contributed by atoms with van der Waals surface area (Å²) in [6.07, 6.45) is -4.55. The lowest BCUT2D eigenvalue weighted by atomic mass is 10.0. The van der Waals surface area contributed by atoms with E-state index in [1.807, 2.05) is 4.90 Å². The van der Waals surface area contributed by atoms with Crippen molar-refractivity contribution in [3.63, 3.8) is 0 Å². The molecular formula is C14H15F4N5O. The van der Waals surface area contributed by atoms with Crippen LogP contribution in [0.15, 0.2) is 24.3 Å². The Hall–Kier alpha value is -2.07. The zero-order valence-electron chi connectivity index (χ0n) is 12.5. The van der Waals surface area contributed by atoms with E-state index in [1.54, 1.807) is 12.1 Å². The number of tetrazole rings is 1. The Morgan fingerprint density at radius 1 is 1.21 bits per heavy atom. The standard InChI is InChI=1S/C14H15F4N5O/c15-10-3-1-9(2-4-10)12-5-11(24)6-22(12)7-13-19-21-23(20-13)8-14(16,17)18/h1-4,11-12,24H,5-8H2/t11-,12+/m0/s1. The van der Waals surface area contributed by atoms with E-state index in [1.165, 1.54) is 12.1 Å². The SMILES string of the molecule is O[C@H]1C[C@H](c2ccc(F)cc2)N(Cc2nnn(CC(F)(F)F)n2)C1. The minimum absolute atomic E-state index is 0.139. The number of rotatable bonds is 4. The lowest BCUT2D eigenvalue weighted by molar-refractivity contribution is -0.145. The summed E-state index contributed by atoms with van der Waals surface area (Å²) in [4.78, 5) is 2.33. The maximum Gasteiger partial charge on any atom is 0.409 e. The van der Waals surface area contributed by atoms with Gasteiger partial charge in [-0.25, -0.2) is 4.39 Å². The maximum absolute atomic E-state index is 13.0. The number of hydrogen-bond acceptors (Lipinski definition) is 5. The molecule has 130 valence electrons. The van der Waals surface area contributed by atoms with Gasteiger partial charge in [-0.1, -0.05) is 12.1 Å². The van der Waals surface area contributed by atoms with E-state index >= 15 is 0 Å². The molecule has 2 heterocycles. The number of aliphatic hydroxyl groups is 1. The zero-order valence-corrected chi connectivity index (χ0v) is 12.5. The number of aliphatic hydroxyl groups excluding tert-OH is 1. The number of nitrogens with zero attached hydrogens (tertiary/aromatic N) is 5. The minimum Gasteiger partial charge on any atom is -0.392 e. The molecule has 1 aromatic carbocycles. The Bertz CT molecular complexity index is 687. The number of benzene rings is 1. The van der Waals surface area contributed by atoms with Crippen LogP contribution < -0.4 is 0 Å². The summed E-state index contributed by atoms with van der Waals surface area (Å²) in [6.45, 7) is -0.823. The highest BCUT2D eigenvalue weighted by Crippen LogP contribution is 2.33. The third kappa shape index (κ3) is 4.06. The summed E-state index contributed by atoms with van der Waals surface area (Å²) < 4.78 is 50.0. The molecule has 1 fully saturated rings. The quantitative estimate of drug-likeness (QED) is 0.854. The summed E-state index contributed by atoms with van der Waals surface area (Å²) in [6, 6.07) is 5.72. The first-order valence-corrected chi connectivity index (χ1v) is 7.31. The Kier molecular flexibility index (Phi) is 4.50. The van der Waals surface area contributed by atoms with E-state index in [0.29, 0.717) is 17.8 Å². The molecule has 1 aromatic heterocycles. The first-order valence-electron chi connectivity index (χ1n) is 7.31. The second-order valence-corrected chi connectivity index (χ2v) is 5.74. The summed E-state index contributed by atoms with van der Waals surface area (Å²) in [7, 11) is 0. The van der Waals surface area contributed by atoms with Gasteiger partial charge in [0.1, 0.15) is 5.82 Å². The van der Waals surface area contributed by atoms with Crippen LogP contribution >= 0.6 is 0 Å². The first-order chi connectivity index (χ1) is 11.3. The molecule has 2 aromatic rings. The van der Waals surface area contributed by atoms with Crippen LogP contribution in [0.1, 0.15) is 23.9 Å². The fourth-order valence-electron chi connectivity index (χ4n) is 2.83. The molecule has 0 amide bonds. The van der Waals surface area contributed by atoms with E-state index in [9.17, 15) is 22.7 Å². The molecule has 1 aliphatic rings. The molecule has 6 nitrogen and oxygen atoms in total. The Balaban J connectivity index is 1.72. The highest BCUT2D eigenvalue weighted by atomic mass is 19.4. The molecule has 1 saturated heterocycles. The van der Waals surface area contributed by atoms with E-state index in [0.717, 1.165) is 5.56 Å². The number of halogens is 4. The highest BCUT2D eigenvalue weighted by molar-refractivity contribution is 5.21. The molecule has 24 heavy (non-hydrogen) atoms. The van der Waals surface area contributed by atoms with Gasteiger partial charge in [-0.15, -0.1) is 10.2 Å². The van der Waals surface area contributed by atoms with Gasteiger partial charge >= 0.3 is 6.18 Å². The van der Waals surface area contributed by atoms with Crippen LogP contribution in [0.4, 0.5) is 17.6 Å². The topological polar surface area (TPSA) is 67.1 Å². The van der Waals surface area contributed by atoms with Crippen molar-refractivity contribution in [2.45, 2.75) is 37.8 Å². The Morgan fingerprint density at radius 3 is 2.58 bits per heavy atom. The van der Waals surface area contributed by atoms with E-state index < -0.39 is 18.8 Å². The molecule has 0 unspecified atom stereocenters. The van der Waals surface area contributed by atoms with Gasteiger partial charge in [0.25, 0.3) is 0 Å². The second-order valence-electron chi connectivity index (χ2n) is 5.74. The van der Waals surface area contributed by atoms with Crippen molar-refractivity contribution in [2.24, 2.45) is 0 Å². The van der Waals surface area contributed by atoms with E-state index in [-0.39, 0.29) is 24.2 Å². The van der Waals surface area contributed by atoms with Gasteiger partial charge in [0.05, 0.1) is 12.6 Å². The van der Waals surface area contributed by atoms with Gasteiger partial charge in [0, 0.05) is 12.6 Å². The fourth-order valence-corrected chi connectivity index (χ4v) is 2.83. The van der Waals surface area contributed by atoms with Crippen LogP contribution in [0.3, 0.4) is 0 Å². The van der Waals surface area contributed by atoms with Crippen LogP contribution in [0.2, 0.25) is 0 Å². The van der Waals surface area contributed by atoms with Crippen LogP contribution in [0.5, 0.6) is 0 Å². The molecular weight excluding hydrogens is 330 g/mol. The molecule has 0 radical (unpaired) electrons. The number of likely N-dealkylation sites (tertiary alicyclic amines) is 1. The maximum atomic E-state index is 13.0. The molecule has 1 aliphatic heterocycles. The Labute approximate surface area is 134 Å². The van der Waals surface area contributed by atoms with Gasteiger partial charge in [-0.3, -0.25) is 4.90 Å². The van der Waals surface area contributed by atoms with Crippen molar-refractivity contribution in [1.29, 1.82) is 0 Å². The van der Waals surface area contributed by atoms with E-state index in [2.05, 4.69) is 15.4 Å². The molecule has 1 N–H and O–H groups in total. The zero-order chi connectivity index (χ0) is 17.3. The average Bonchev–Trinajstić information content (AvgIpc) is 3.05. The van der Waals surface area contributed by atoms with Crippen LogP contribution in [0.25, 0.3) is 0 Å². The molecule has 10 heteroatoms. The number of hydrogen-bond donors (Lipinski definition) is 1. The highest BCUT2D eigenvalue weighted by Gasteiger charge is 2.33. The van der Waals surface area contributed by atoms with Crippen molar-refractivity contribution in [1.82, 2.24) is 25.1 Å². The fraction of sp³-hybridized carbons (Fsp3) is 0.500. The molecule has 3 rings (SSSR count). The first kappa shape index (κ1) is 16.8. The van der Waals surface area contributed by atoms with Gasteiger partial charge in [0.2, 0.25) is 0 Å². The lowest BCUT2D eigenvalue weighted by Crippen LogP contribution is -2.25. The second kappa shape index (κ2) is 6.44. The van der Waals surface area contributed by atoms with Gasteiger partial charge in [-0.2, -0.15) is 18.0 Å². The predicted molar refractivity (Wildman–Crippen MR) is 74.0 cm³/mol. The molecule has 2 atom stereocenters. The van der Waals surface area contributed by atoms with E-state index in [4.69, 9.17) is 0 Å². The van der Waals surface area contributed by atoms with Crippen molar-refractivity contribution in [3.8, 4) is 0 Å². The molecule has 0 spiro atoms. The summed E-state index contributed by atoms with van der Waals surface area (Å²) in [5, 5.41) is 20.6. The molecule has 0 aliphatic carbocycles. The van der Waals surface area contributed by atoms with Crippen LogP contribution in [0, 0.1) is 5.82 Å². The van der Waals surface area contributed by atoms with Crippen molar-refractivity contribution < 1.29 is 22.7 Å². The van der Waals surface area contributed by atoms with Gasteiger partial charge in [0.15, 0.2) is 12.4 Å². The van der Waals surface area contributed by atoms with Gasteiger partial charge < -0.3 is 5.11 Å². The number of β-amino-alcohol motifs (C(OH)–C–C–N with tert-alkyl or cyclic N) is 1. The predicted octanol–water partition coefficient (Wildman–Crippen LogP) is 1.68. The number of alkyl halides is 3. The average molecular weight is 345 g/mol. The lowest BCUT2D eigenvalue weighted by Gasteiger charge is -2.22. The third-order valence-corrected chi connectivity index (χ3v) is 3.80. The normalized spacial score (nSPS) is 22.2. The third-order valence-electron chi connectivity index (χ3n) is 3.80. The van der Waals surface area contributed by atoms with Crippen LogP contribution in [-0.4, -0.2) is 49.0 Å². The summed E-state index contributed by atoms with van der Waals surface area (Å²) >= 11 is 0. The van der Waals surface area contributed by atoms with Crippen LogP contribution in [-0.2, 0) is 13.1 Å².